The fourth-order valence-electron chi connectivity index (χ4n) is 2.67. The highest BCUT2D eigenvalue weighted by atomic mass is 19.4. The largest absolute Gasteiger partial charge is 0.495 e. The highest BCUT2D eigenvalue weighted by molar-refractivity contribution is 5.91. The summed E-state index contributed by atoms with van der Waals surface area (Å²) < 4.78 is 44.0. The number of nitrogens with zero attached hydrogens (tertiary/aromatic N) is 1. The number of halogens is 3. The zero-order valence-electron chi connectivity index (χ0n) is 13.1. The maximum absolute atomic E-state index is 13.0. The van der Waals surface area contributed by atoms with Crippen LogP contribution in [0.15, 0.2) is 18.2 Å². The number of aliphatic carboxylic acids is 1. The number of anilines is 1. The predicted molar refractivity (Wildman–Crippen MR) is 79.0 cm³/mol. The molecule has 0 bridgehead atoms. The van der Waals surface area contributed by atoms with Crippen LogP contribution >= 0.6 is 0 Å². The monoisotopic (exact) mass is 346 g/mol. The Morgan fingerprint density at radius 2 is 2.00 bits per heavy atom. The standard InChI is InChI=1S/C15H17F3N2O4/c1-8-3-4-12(24-2)11(5-8)19-14(23)20-6-9(13(21)22)10(7-20)15(16,17)18/h3-5,9-10H,6-7H2,1-2H3,(H,19,23)(H,21,22)/t9-,10-/m1/s1. The van der Waals surface area contributed by atoms with Crippen LogP contribution in [0.1, 0.15) is 5.56 Å². The van der Waals surface area contributed by atoms with Gasteiger partial charge in [0, 0.05) is 13.1 Å². The SMILES string of the molecule is COc1ccc(C)cc1NC(=O)N1C[C@@H](C(F)(F)F)[C@H](C(=O)O)C1. The van der Waals surface area contributed by atoms with Gasteiger partial charge in [-0.25, -0.2) is 4.79 Å². The summed E-state index contributed by atoms with van der Waals surface area (Å²) in [5.41, 5.74) is 1.13. The average Bonchev–Trinajstić information content (AvgIpc) is 2.93. The summed E-state index contributed by atoms with van der Waals surface area (Å²) in [7, 11) is 1.40. The van der Waals surface area contributed by atoms with Crippen LogP contribution in [0.2, 0.25) is 0 Å². The fourth-order valence-corrected chi connectivity index (χ4v) is 2.67. The second-order valence-corrected chi connectivity index (χ2v) is 5.63. The van der Waals surface area contributed by atoms with Crippen molar-refractivity contribution in [3.63, 3.8) is 0 Å². The first-order valence-corrected chi connectivity index (χ1v) is 7.13. The molecule has 1 saturated heterocycles. The van der Waals surface area contributed by atoms with Gasteiger partial charge in [0.1, 0.15) is 5.75 Å². The molecule has 0 saturated carbocycles. The van der Waals surface area contributed by atoms with Crippen LogP contribution in [0.25, 0.3) is 0 Å². The van der Waals surface area contributed by atoms with Gasteiger partial charge in [0.15, 0.2) is 0 Å². The molecule has 2 rings (SSSR count). The van der Waals surface area contributed by atoms with E-state index in [0.29, 0.717) is 11.4 Å². The van der Waals surface area contributed by atoms with Crippen molar-refractivity contribution in [2.45, 2.75) is 13.1 Å². The van der Waals surface area contributed by atoms with Gasteiger partial charge in [-0.2, -0.15) is 13.2 Å². The Bertz CT molecular complexity index is 648. The molecular weight excluding hydrogens is 329 g/mol. The number of carboxylic acids is 1. The van der Waals surface area contributed by atoms with Crippen molar-refractivity contribution in [2.24, 2.45) is 11.8 Å². The minimum atomic E-state index is -4.68. The minimum absolute atomic E-state index is 0.310. The average molecular weight is 346 g/mol. The molecule has 1 aromatic carbocycles. The van der Waals surface area contributed by atoms with Crippen LogP contribution in [-0.4, -0.2) is 48.4 Å². The van der Waals surface area contributed by atoms with E-state index in [4.69, 9.17) is 9.84 Å². The number of aryl methyl sites for hydroxylation is 1. The van der Waals surface area contributed by atoms with E-state index in [1.54, 1.807) is 25.1 Å². The Balaban J connectivity index is 2.16. The summed E-state index contributed by atoms with van der Waals surface area (Å²) in [6.45, 7) is 0.588. The van der Waals surface area contributed by atoms with Crippen LogP contribution in [0.3, 0.4) is 0 Å². The van der Waals surface area contributed by atoms with Gasteiger partial charge >= 0.3 is 18.2 Å². The Morgan fingerprint density at radius 1 is 1.33 bits per heavy atom. The van der Waals surface area contributed by atoms with E-state index in [1.165, 1.54) is 7.11 Å². The Labute approximate surface area is 136 Å². The topological polar surface area (TPSA) is 78.9 Å². The summed E-state index contributed by atoms with van der Waals surface area (Å²) in [5.74, 6) is -4.97. The summed E-state index contributed by atoms with van der Waals surface area (Å²) in [4.78, 5) is 24.1. The number of amides is 2. The molecule has 1 aromatic rings. The minimum Gasteiger partial charge on any atom is -0.495 e. The number of carbonyl (C=O) groups excluding carboxylic acids is 1. The summed E-state index contributed by atoms with van der Waals surface area (Å²) in [5, 5.41) is 11.5. The van der Waals surface area contributed by atoms with Crippen LogP contribution in [0, 0.1) is 18.8 Å². The van der Waals surface area contributed by atoms with Crippen molar-refractivity contribution in [1.82, 2.24) is 4.90 Å². The van der Waals surface area contributed by atoms with E-state index in [-0.39, 0.29) is 0 Å². The van der Waals surface area contributed by atoms with E-state index in [2.05, 4.69) is 5.32 Å². The van der Waals surface area contributed by atoms with Gasteiger partial charge in [0.25, 0.3) is 0 Å². The first-order valence-electron chi connectivity index (χ1n) is 7.13. The molecule has 0 spiro atoms. The molecule has 1 fully saturated rings. The van der Waals surface area contributed by atoms with Gasteiger partial charge < -0.3 is 20.1 Å². The normalized spacial score (nSPS) is 20.8. The molecule has 2 N–H and O–H groups in total. The maximum atomic E-state index is 13.0. The number of rotatable bonds is 3. The lowest BCUT2D eigenvalue weighted by atomic mass is 9.96. The van der Waals surface area contributed by atoms with Crippen LogP contribution in [0.4, 0.5) is 23.7 Å². The van der Waals surface area contributed by atoms with Gasteiger partial charge in [-0.05, 0) is 24.6 Å². The number of methoxy groups -OCH3 is 1. The van der Waals surface area contributed by atoms with Crippen molar-refractivity contribution in [1.29, 1.82) is 0 Å². The fraction of sp³-hybridized carbons (Fsp3) is 0.467. The van der Waals surface area contributed by atoms with Crippen molar-refractivity contribution in [3.8, 4) is 5.75 Å². The van der Waals surface area contributed by atoms with Crippen molar-refractivity contribution in [2.75, 3.05) is 25.5 Å². The molecule has 0 unspecified atom stereocenters. The van der Waals surface area contributed by atoms with Gasteiger partial charge in [0.05, 0.1) is 24.6 Å². The number of likely N-dealkylation sites (tertiary alicyclic amines) is 1. The predicted octanol–water partition coefficient (Wildman–Crippen LogP) is 2.73. The van der Waals surface area contributed by atoms with Gasteiger partial charge in [-0.3, -0.25) is 4.79 Å². The van der Waals surface area contributed by atoms with E-state index >= 15 is 0 Å². The molecule has 0 radical (unpaired) electrons. The molecule has 24 heavy (non-hydrogen) atoms. The molecular formula is C15H17F3N2O4. The smallest absolute Gasteiger partial charge is 0.394 e. The lowest BCUT2D eigenvalue weighted by molar-refractivity contribution is -0.187. The summed E-state index contributed by atoms with van der Waals surface area (Å²) in [6.07, 6.45) is -4.68. The van der Waals surface area contributed by atoms with E-state index in [0.717, 1.165) is 10.5 Å². The molecule has 132 valence electrons. The lowest BCUT2D eigenvalue weighted by Gasteiger charge is -2.19. The molecule has 0 aliphatic carbocycles. The quantitative estimate of drug-likeness (QED) is 0.882. The molecule has 0 aromatic heterocycles. The van der Waals surface area contributed by atoms with E-state index in [9.17, 15) is 22.8 Å². The molecule has 1 aliphatic heterocycles. The maximum Gasteiger partial charge on any atom is 0.394 e. The third-order valence-electron chi connectivity index (χ3n) is 3.94. The van der Waals surface area contributed by atoms with Crippen LogP contribution in [-0.2, 0) is 4.79 Å². The molecule has 2 amide bonds. The molecule has 6 nitrogen and oxygen atoms in total. The van der Waals surface area contributed by atoms with E-state index in [1.807, 2.05) is 0 Å². The number of nitrogens with one attached hydrogen (secondary N) is 1. The van der Waals surface area contributed by atoms with Crippen molar-refractivity contribution < 1.29 is 32.6 Å². The molecule has 1 aliphatic rings. The molecule has 2 atom stereocenters. The number of hydrogen-bond acceptors (Lipinski definition) is 3. The summed E-state index contributed by atoms with van der Waals surface area (Å²) >= 11 is 0. The van der Waals surface area contributed by atoms with Gasteiger partial charge in [0.2, 0.25) is 0 Å². The Kier molecular flexibility index (Phi) is 4.91. The van der Waals surface area contributed by atoms with Gasteiger partial charge in [-0.15, -0.1) is 0 Å². The Morgan fingerprint density at radius 3 is 2.50 bits per heavy atom. The number of ether oxygens (including phenoxy) is 1. The van der Waals surface area contributed by atoms with Crippen LogP contribution < -0.4 is 10.1 Å². The number of carbonyl (C=O) groups is 2. The third-order valence-corrected chi connectivity index (χ3v) is 3.94. The first-order chi connectivity index (χ1) is 11.1. The number of carboxylic acid groups (broad SMARTS) is 1. The summed E-state index contributed by atoms with van der Waals surface area (Å²) in [6, 6.07) is 4.19. The number of hydrogen-bond donors (Lipinski definition) is 2. The highest BCUT2D eigenvalue weighted by Crippen LogP contribution is 2.38. The zero-order chi connectivity index (χ0) is 18.1. The number of urea groups is 1. The first kappa shape index (κ1) is 17.9. The highest BCUT2D eigenvalue weighted by Gasteiger charge is 2.53. The lowest BCUT2D eigenvalue weighted by Crippen LogP contribution is -2.35. The molecule has 9 heteroatoms. The van der Waals surface area contributed by atoms with Crippen molar-refractivity contribution in [3.05, 3.63) is 23.8 Å². The zero-order valence-corrected chi connectivity index (χ0v) is 13.1. The number of alkyl halides is 3. The number of benzene rings is 1. The second kappa shape index (κ2) is 6.58. The Hall–Kier alpha value is -2.45. The molecule has 1 heterocycles. The van der Waals surface area contributed by atoms with Crippen molar-refractivity contribution >= 4 is 17.7 Å². The third kappa shape index (κ3) is 3.72. The second-order valence-electron chi connectivity index (χ2n) is 5.63. The van der Waals surface area contributed by atoms with Gasteiger partial charge in [-0.1, -0.05) is 6.07 Å². The van der Waals surface area contributed by atoms with E-state index < -0.39 is 43.1 Å². The van der Waals surface area contributed by atoms with Crippen LogP contribution in [0.5, 0.6) is 5.75 Å².